The molecule has 1 N–H and O–H groups in total. The van der Waals surface area contributed by atoms with Crippen molar-refractivity contribution in [3.8, 4) is 0 Å². The molecule has 0 spiro atoms. The fraction of sp³-hybridized carbons (Fsp3) is 0.444. The van der Waals surface area contributed by atoms with E-state index < -0.39 is 5.97 Å². The van der Waals surface area contributed by atoms with E-state index in [1.54, 1.807) is 6.92 Å². The third-order valence-electron chi connectivity index (χ3n) is 1.55. The molecule has 0 radical (unpaired) electrons. The molecule has 1 aromatic rings. The van der Waals surface area contributed by atoms with Crippen LogP contribution in [-0.2, 0) is 4.74 Å². The van der Waals surface area contributed by atoms with Crippen molar-refractivity contribution in [2.75, 3.05) is 18.5 Å². The van der Waals surface area contributed by atoms with Gasteiger partial charge in [0.05, 0.1) is 6.61 Å². The SMILES string of the molecule is CCNc1nc(C=O)c(C(=O)OCC)s1. The van der Waals surface area contributed by atoms with Gasteiger partial charge in [0.1, 0.15) is 10.6 Å². The molecule has 0 saturated carbocycles. The van der Waals surface area contributed by atoms with Crippen molar-refractivity contribution in [1.29, 1.82) is 0 Å². The van der Waals surface area contributed by atoms with Gasteiger partial charge in [-0.25, -0.2) is 9.78 Å². The molecule has 0 fully saturated rings. The van der Waals surface area contributed by atoms with Gasteiger partial charge in [0.2, 0.25) is 0 Å². The van der Waals surface area contributed by atoms with Crippen LogP contribution >= 0.6 is 11.3 Å². The Hall–Kier alpha value is -1.43. The van der Waals surface area contributed by atoms with Gasteiger partial charge in [-0.05, 0) is 13.8 Å². The van der Waals surface area contributed by atoms with Crippen LogP contribution in [0.15, 0.2) is 0 Å². The first-order valence-corrected chi connectivity index (χ1v) is 5.41. The average molecular weight is 228 g/mol. The summed E-state index contributed by atoms with van der Waals surface area (Å²) in [6, 6.07) is 0. The summed E-state index contributed by atoms with van der Waals surface area (Å²) in [7, 11) is 0. The molecule has 6 heteroatoms. The highest BCUT2D eigenvalue weighted by Gasteiger charge is 2.18. The molecule has 0 aliphatic rings. The van der Waals surface area contributed by atoms with Crippen LogP contribution in [0.5, 0.6) is 0 Å². The second kappa shape index (κ2) is 5.45. The van der Waals surface area contributed by atoms with Gasteiger partial charge in [-0.3, -0.25) is 4.79 Å². The van der Waals surface area contributed by atoms with E-state index in [1.807, 2.05) is 6.92 Å². The topological polar surface area (TPSA) is 68.3 Å². The van der Waals surface area contributed by atoms with Crippen LogP contribution in [0.2, 0.25) is 0 Å². The number of hydrogen-bond donors (Lipinski definition) is 1. The summed E-state index contributed by atoms with van der Waals surface area (Å²) < 4.78 is 4.81. The molecule has 0 aromatic carbocycles. The van der Waals surface area contributed by atoms with Crippen LogP contribution in [0, 0.1) is 0 Å². The third-order valence-corrected chi connectivity index (χ3v) is 2.56. The molecule has 0 saturated heterocycles. The van der Waals surface area contributed by atoms with E-state index in [-0.39, 0.29) is 17.2 Å². The highest BCUT2D eigenvalue weighted by Crippen LogP contribution is 2.22. The van der Waals surface area contributed by atoms with E-state index in [2.05, 4.69) is 10.3 Å². The second-order valence-corrected chi connectivity index (χ2v) is 3.60. The van der Waals surface area contributed by atoms with Gasteiger partial charge in [0, 0.05) is 6.54 Å². The van der Waals surface area contributed by atoms with Gasteiger partial charge in [0.15, 0.2) is 11.4 Å². The largest absolute Gasteiger partial charge is 0.462 e. The summed E-state index contributed by atoms with van der Waals surface area (Å²) >= 11 is 1.13. The zero-order valence-electron chi connectivity index (χ0n) is 8.57. The predicted molar refractivity (Wildman–Crippen MR) is 57.6 cm³/mol. The summed E-state index contributed by atoms with van der Waals surface area (Å²) in [5.41, 5.74) is 0.134. The van der Waals surface area contributed by atoms with Gasteiger partial charge in [-0.1, -0.05) is 11.3 Å². The van der Waals surface area contributed by atoms with Gasteiger partial charge in [0.25, 0.3) is 0 Å². The van der Waals surface area contributed by atoms with E-state index in [0.717, 1.165) is 11.3 Å². The lowest BCUT2D eigenvalue weighted by Crippen LogP contribution is -2.05. The van der Waals surface area contributed by atoms with Crippen molar-refractivity contribution in [1.82, 2.24) is 4.98 Å². The Morgan fingerprint density at radius 1 is 1.60 bits per heavy atom. The lowest BCUT2D eigenvalue weighted by Gasteiger charge is -1.97. The molecule has 0 aliphatic heterocycles. The number of rotatable bonds is 5. The summed E-state index contributed by atoms with van der Waals surface area (Å²) in [5.74, 6) is -0.499. The van der Waals surface area contributed by atoms with Crippen LogP contribution in [0.1, 0.15) is 34.0 Å². The zero-order valence-corrected chi connectivity index (χ0v) is 9.39. The number of aromatic nitrogens is 1. The molecular weight excluding hydrogens is 216 g/mol. The smallest absolute Gasteiger partial charge is 0.350 e. The van der Waals surface area contributed by atoms with Gasteiger partial charge in [-0.2, -0.15) is 0 Å². The third kappa shape index (κ3) is 2.76. The molecule has 0 atom stereocenters. The van der Waals surface area contributed by atoms with Crippen LogP contribution in [0.25, 0.3) is 0 Å². The maximum absolute atomic E-state index is 11.4. The number of nitrogens with one attached hydrogen (secondary N) is 1. The number of aldehydes is 1. The fourth-order valence-corrected chi connectivity index (χ4v) is 1.88. The normalized spacial score (nSPS) is 9.73. The maximum Gasteiger partial charge on any atom is 0.350 e. The van der Waals surface area contributed by atoms with E-state index >= 15 is 0 Å². The first kappa shape index (κ1) is 11.6. The van der Waals surface area contributed by atoms with Crippen LogP contribution in [-0.4, -0.2) is 30.4 Å². The van der Waals surface area contributed by atoms with E-state index in [4.69, 9.17) is 4.74 Å². The Morgan fingerprint density at radius 3 is 2.87 bits per heavy atom. The van der Waals surface area contributed by atoms with Crippen molar-refractivity contribution in [2.45, 2.75) is 13.8 Å². The number of carbonyl (C=O) groups is 2. The number of esters is 1. The molecule has 0 bridgehead atoms. The monoisotopic (exact) mass is 228 g/mol. The van der Waals surface area contributed by atoms with Crippen molar-refractivity contribution >= 4 is 28.7 Å². The predicted octanol–water partition coefficient (Wildman–Crippen LogP) is 1.56. The van der Waals surface area contributed by atoms with Crippen molar-refractivity contribution in [2.24, 2.45) is 0 Å². The van der Waals surface area contributed by atoms with E-state index in [0.29, 0.717) is 18.0 Å². The quantitative estimate of drug-likeness (QED) is 0.612. The Morgan fingerprint density at radius 2 is 2.33 bits per heavy atom. The highest BCUT2D eigenvalue weighted by atomic mass is 32.1. The summed E-state index contributed by atoms with van der Waals surface area (Å²) in [6.45, 7) is 4.59. The molecule has 1 heterocycles. The number of carbonyl (C=O) groups excluding carboxylic acids is 2. The van der Waals surface area contributed by atoms with Gasteiger partial charge >= 0.3 is 5.97 Å². The molecule has 0 amide bonds. The number of anilines is 1. The van der Waals surface area contributed by atoms with Gasteiger partial charge in [-0.15, -0.1) is 0 Å². The van der Waals surface area contributed by atoms with Gasteiger partial charge < -0.3 is 10.1 Å². The van der Waals surface area contributed by atoms with Crippen molar-refractivity contribution in [3.63, 3.8) is 0 Å². The molecule has 0 aliphatic carbocycles. The first-order valence-electron chi connectivity index (χ1n) is 4.59. The molecule has 1 rings (SSSR count). The van der Waals surface area contributed by atoms with Crippen molar-refractivity contribution < 1.29 is 14.3 Å². The minimum absolute atomic E-state index is 0.134. The lowest BCUT2D eigenvalue weighted by atomic mass is 10.4. The average Bonchev–Trinajstić information content (AvgIpc) is 2.62. The van der Waals surface area contributed by atoms with Crippen LogP contribution in [0.3, 0.4) is 0 Å². The Bertz CT molecular complexity index is 362. The maximum atomic E-state index is 11.4. The second-order valence-electron chi connectivity index (χ2n) is 2.60. The van der Waals surface area contributed by atoms with Crippen molar-refractivity contribution in [3.05, 3.63) is 10.6 Å². The Kier molecular flexibility index (Phi) is 4.23. The lowest BCUT2D eigenvalue weighted by molar-refractivity contribution is 0.0529. The zero-order chi connectivity index (χ0) is 11.3. The van der Waals surface area contributed by atoms with E-state index in [9.17, 15) is 9.59 Å². The summed E-state index contributed by atoms with van der Waals surface area (Å²) in [6.07, 6.45) is 0.559. The fourth-order valence-electron chi connectivity index (χ4n) is 0.982. The van der Waals surface area contributed by atoms with Crippen LogP contribution in [0.4, 0.5) is 5.13 Å². The minimum atomic E-state index is -0.499. The standard InChI is InChI=1S/C9H12N2O3S/c1-3-10-9-11-6(5-12)7(15-9)8(13)14-4-2/h5H,3-4H2,1-2H3,(H,10,11). The Labute approximate surface area is 91.5 Å². The van der Waals surface area contributed by atoms with E-state index in [1.165, 1.54) is 0 Å². The summed E-state index contributed by atoms with van der Waals surface area (Å²) in [5, 5.41) is 3.50. The Balaban J connectivity index is 2.94. The first-order chi connectivity index (χ1) is 7.22. The number of hydrogen-bond acceptors (Lipinski definition) is 6. The molecular formula is C9H12N2O3S. The molecule has 5 nitrogen and oxygen atoms in total. The molecule has 0 unspecified atom stereocenters. The molecule has 82 valence electrons. The number of thiazole rings is 1. The van der Waals surface area contributed by atoms with Crippen LogP contribution < -0.4 is 5.32 Å². The number of ether oxygens (including phenoxy) is 1. The molecule has 15 heavy (non-hydrogen) atoms. The molecule has 1 aromatic heterocycles. The summed E-state index contributed by atoms with van der Waals surface area (Å²) in [4.78, 5) is 26.3. The number of nitrogens with zero attached hydrogens (tertiary/aromatic N) is 1. The highest BCUT2D eigenvalue weighted by molar-refractivity contribution is 7.17. The minimum Gasteiger partial charge on any atom is -0.462 e.